The molecule has 0 unspecified atom stereocenters. The number of hydrogen-bond donors (Lipinski definition) is 0. The molecular formula is C21H30ClNO3. The van der Waals surface area contributed by atoms with Crippen LogP contribution in [0.5, 0.6) is 5.75 Å². The Morgan fingerprint density at radius 1 is 1.23 bits per heavy atom. The molecule has 0 aromatic heterocycles. The zero-order chi connectivity index (χ0) is 18.5. The highest BCUT2D eigenvalue weighted by atomic mass is 35.5. The summed E-state index contributed by atoms with van der Waals surface area (Å²) in [5, 5.41) is -0.101. The number of unbranched alkanes of at least 4 members (excludes halogenated alkanes) is 1. The van der Waals surface area contributed by atoms with Crippen LogP contribution >= 0.6 is 11.6 Å². The summed E-state index contributed by atoms with van der Waals surface area (Å²) in [6, 6.07) is 7.48. The van der Waals surface area contributed by atoms with E-state index < -0.39 is 0 Å². The molecule has 4 nitrogen and oxygen atoms in total. The first-order valence-electron chi connectivity index (χ1n) is 9.93. The molecule has 1 aliphatic carbocycles. The van der Waals surface area contributed by atoms with E-state index in [0.29, 0.717) is 5.92 Å². The van der Waals surface area contributed by atoms with Crippen LogP contribution in [0.2, 0.25) is 0 Å². The minimum Gasteiger partial charge on any atom is -0.497 e. The monoisotopic (exact) mass is 379 g/mol. The van der Waals surface area contributed by atoms with E-state index in [-0.39, 0.29) is 23.6 Å². The Labute approximate surface area is 161 Å². The zero-order valence-electron chi connectivity index (χ0n) is 15.8. The lowest BCUT2D eigenvalue weighted by atomic mass is 9.81. The van der Waals surface area contributed by atoms with Gasteiger partial charge in [-0.2, -0.15) is 0 Å². The molecule has 1 aromatic rings. The van der Waals surface area contributed by atoms with Crippen LogP contribution in [-0.2, 0) is 4.74 Å². The Balaban J connectivity index is 1.87. The first-order valence-corrected chi connectivity index (χ1v) is 10.4. The summed E-state index contributed by atoms with van der Waals surface area (Å²) >= 11 is 6.85. The highest BCUT2D eigenvalue weighted by molar-refractivity contribution is 6.21. The minimum atomic E-state index is -0.266. The Kier molecular flexibility index (Phi) is 6.68. The van der Waals surface area contributed by atoms with Crippen LogP contribution in [0.1, 0.15) is 58.3 Å². The van der Waals surface area contributed by atoms with Gasteiger partial charge in [0.15, 0.2) is 0 Å². The standard InChI is InChI=1S/C21H30ClNO3/c1-3-4-10-18(22)19-20(15-8-6-5-7-9-15)26-21(24)23(19)16-11-13-17(25-2)14-12-16/h11-15,18-20H,3-10H2,1-2H3/t18-,19-,20-/m1/s1. The summed E-state index contributed by atoms with van der Waals surface area (Å²) in [4.78, 5) is 14.6. The molecule has 0 spiro atoms. The predicted molar refractivity (Wildman–Crippen MR) is 105 cm³/mol. The molecule has 1 aromatic carbocycles. The Bertz CT molecular complexity index is 585. The maximum absolute atomic E-state index is 12.8. The molecule has 26 heavy (non-hydrogen) atoms. The molecule has 0 bridgehead atoms. The summed E-state index contributed by atoms with van der Waals surface area (Å²) in [6.45, 7) is 2.17. The molecule has 3 atom stereocenters. The van der Waals surface area contributed by atoms with E-state index in [9.17, 15) is 4.79 Å². The van der Waals surface area contributed by atoms with Gasteiger partial charge in [0.25, 0.3) is 0 Å². The summed E-state index contributed by atoms with van der Waals surface area (Å²) < 4.78 is 11.2. The number of ether oxygens (including phenoxy) is 2. The second kappa shape index (κ2) is 8.98. The third-order valence-electron chi connectivity index (χ3n) is 5.74. The van der Waals surface area contributed by atoms with Crippen molar-refractivity contribution in [3.05, 3.63) is 24.3 Å². The van der Waals surface area contributed by atoms with Gasteiger partial charge in [-0.25, -0.2) is 4.79 Å². The second-order valence-corrected chi connectivity index (χ2v) is 8.02. The summed E-state index contributed by atoms with van der Waals surface area (Å²) in [5.41, 5.74) is 0.834. The molecule has 0 radical (unpaired) electrons. The molecule has 0 N–H and O–H groups in total. The van der Waals surface area contributed by atoms with E-state index in [4.69, 9.17) is 21.1 Å². The molecule has 1 heterocycles. The van der Waals surface area contributed by atoms with E-state index in [1.165, 1.54) is 19.3 Å². The van der Waals surface area contributed by atoms with Crippen LogP contribution in [0.15, 0.2) is 24.3 Å². The summed E-state index contributed by atoms with van der Waals surface area (Å²) in [5.74, 6) is 1.19. The molecule has 2 aliphatic rings. The van der Waals surface area contributed by atoms with Gasteiger partial charge in [-0.3, -0.25) is 4.90 Å². The van der Waals surface area contributed by atoms with Crippen molar-refractivity contribution in [2.75, 3.05) is 12.0 Å². The Hall–Kier alpha value is -1.42. The van der Waals surface area contributed by atoms with Gasteiger partial charge in [0, 0.05) is 5.69 Å². The van der Waals surface area contributed by atoms with Gasteiger partial charge in [0.2, 0.25) is 0 Å². The number of methoxy groups -OCH3 is 1. The van der Waals surface area contributed by atoms with Gasteiger partial charge in [-0.15, -0.1) is 11.6 Å². The van der Waals surface area contributed by atoms with Crippen molar-refractivity contribution < 1.29 is 14.3 Å². The fourth-order valence-electron chi connectivity index (χ4n) is 4.31. The smallest absolute Gasteiger partial charge is 0.415 e. The number of cyclic esters (lactones) is 1. The Morgan fingerprint density at radius 2 is 1.92 bits per heavy atom. The molecule has 5 heteroatoms. The van der Waals surface area contributed by atoms with Gasteiger partial charge in [-0.1, -0.05) is 39.0 Å². The number of hydrogen-bond acceptors (Lipinski definition) is 3. The van der Waals surface area contributed by atoms with Crippen LogP contribution in [0.25, 0.3) is 0 Å². The minimum absolute atomic E-state index is 0.101. The van der Waals surface area contributed by atoms with Crippen molar-refractivity contribution in [3.8, 4) is 5.75 Å². The van der Waals surface area contributed by atoms with Gasteiger partial charge in [0.1, 0.15) is 11.9 Å². The van der Waals surface area contributed by atoms with Gasteiger partial charge in [-0.05, 0) is 49.4 Å². The number of alkyl halides is 1. The third kappa shape index (κ3) is 4.11. The fourth-order valence-corrected chi connectivity index (χ4v) is 4.72. The lowest BCUT2D eigenvalue weighted by molar-refractivity contribution is 0.0727. The van der Waals surface area contributed by atoms with Crippen molar-refractivity contribution in [1.29, 1.82) is 0 Å². The molecule has 3 rings (SSSR count). The average molecular weight is 380 g/mol. The molecule has 2 fully saturated rings. The largest absolute Gasteiger partial charge is 0.497 e. The lowest BCUT2D eigenvalue weighted by Gasteiger charge is -2.34. The quantitative estimate of drug-likeness (QED) is 0.564. The molecular weight excluding hydrogens is 350 g/mol. The highest BCUT2D eigenvalue weighted by Crippen LogP contribution is 2.40. The van der Waals surface area contributed by atoms with Crippen LogP contribution in [0.4, 0.5) is 10.5 Å². The predicted octanol–water partition coefficient (Wildman–Crippen LogP) is 5.77. The first-order chi connectivity index (χ1) is 12.7. The van der Waals surface area contributed by atoms with Crippen molar-refractivity contribution in [1.82, 2.24) is 0 Å². The summed E-state index contributed by atoms with van der Waals surface area (Å²) in [7, 11) is 1.64. The number of rotatable bonds is 7. The van der Waals surface area contributed by atoms with E-state index in [1.807, 2.05) is 24.3 Å². The third-order valence-corrected chi connectivity index (χ3v) is 6.21. The number of anilines is 1. The van der Waals surface area contributed by atoms with Crippen molar-refractivity contribution in [3.63, 3.8) is 0 Å². The van der Waals surface area contributed by atoms with Crippen LogP contribution in [-0.4, -0.2) is 30.7 Å². The number of carbonyl (C=O) groups is 1. The maximum atomic E-state index is 12.8. The van der Waals surface area contributed by atoms with Gasteiger partial charge in [0.05, 0.1) is 18.5 Å². The van der Waals surface area contributed by atoms with Gasteiger partial charge >= 0.3 is 6.09 Å². The first kappa shape index (κ1) is 19.3. The topological polar surface area (TPSA) is 38.8 Å². The number of amides is 1. The van der Waals surface area contributed by atoms with E-state index in [1.54, 1.807) is 12.0 Å². The number of benzene rings is 1. The second-order valence-electron chi connectivity index (χ2n) is 7.46. The molecule has 144 valence electrons. The van der Waals surface area contributed by atoms with Gasteiger partial charge < -0.3 is 9.47 Å². The van der Waals surface area contributed by atoms with E-state index >= 15 is 0 Å². The Morgan fingerprint density at radius 3 is 2.54 bits per heavy atom. The molecule has 1 aliphatic heterocycles. The van der Waals surface area contributed by atoms with Crippen LogP contribution in [0, 0.1) is 5.92 Å². The maximum Gasteiger partial charge on any atom is 0.415 e. The summed E-state index contributed by atoms with van der Waals surface area (Å²) in [6.07, 6.45) is 8.66. The van der Waals surface area contributed by atoms with Crippen molar-refractivity contribution in [2.45, 2.75) is 75.8 Å². The normalized spacial score (nSPS) is 25.2. The molecule has 1 amide bonds. The molecule has 1 saturated heterocycles. The number of carbonyl (C=O) groups excluding carboxylic acids is 1. The fraction of sp³-hybridized carbons (Fsp3) is 0.667. The average Bonchev–Trinajstić information content (AvgIpc) is 3.04. The molecule has 1 saturated carbocycles. The van der Waals surface area contributed by atoms with Crippen LogP contribution < -0.4 is 9.64 Å². The van der Waals surface area contributed by atoms with E-state index in [2.05, 4.69) is 6.92 Å². The number of nitrogens with zero attached hydrogens (tertiary/aromatic N) is 1. The number of halogens is 1. The van der Waals surface area contributed by atoms with Crippen molar-refractivity contribution in [2.24, 2.45) is 5.92 Å². The van der Waals surface area contributed by atoms with Crippen LogP contribution in [0.3, 0.4) is 0 Å². The van der Waals surface area contributed by atoms with E-state index in [0.717, 1.165) is 43.5 Å². The van der Waals surface area contributed by atoms with Crippen molar-refractivity contribution >= 4 is 23.4 Å². The lowest BCUT2D eigenvalue weighted by Crippen LogP contribution is -2.46. The SMILES string of the molecule is CCCC[C@@H](Cl)[C@@H]1[C@@H](C2CCCCC2)OC(=O)N1c1ccc(OC)cc1. The zero-order valence-corrected chi connectivity index (χ0v) is 16.6. The highest BCUT2D eigenvalue weighted by Gasteiger charge is 2.49.